The summed E-state index contributed by atoms with van der Waals surface area (Å²) >= 11 is 0. The molecule has 0 atom stereocenters. The molecule has 2 aromatic heterocycles. The van der Waals surface area contributed by atoms with Crippen LogP contribution in [0, 0.1) is 0 Å². The van der Waals surface area contributed by atoms with Gasteiger partial charge in [0.1, 0.15) is 11.2 Å². The summed E-state index contributed by atoms with van der Waals surface area (Å²) < 4.78 is 6.03. The number of hydrogen-bond acceptors (Lipinski definition) is 2. The molecule has 0 saturated heterocycles. The number of fused-ring (bicyclic) bond motifs is 4. The maximum Gasteiger partial charge on any atom is 0.135 e. The van der Waals surface area contributed by atoms with Crippen LogP contribution in [0.5, 0.6) is 0 Å². The summed E-state index contributed by atoms with van der Waals surface area (Å²) in [4.78, 5) is 5.33. The first-order valence-electron chi connectivity index (χ1n) is 13.9. The SMILES string of the molecule is c1ccc(-c2cc3cccc(-c4ccc(-c5ccc6oc7ccccc7c6c5)cc4)c3nc2-c2ccccc2)cc1. The van der Waals surface area contributed by atoms with Crippen LogP contribution in [-0.4, -0.2) is 4.98 Å². The average molecular weight is 524 g/mol. The molecule has 192 valence electrons. The molecule has 8 aromatic rings. The van der Waals surface area contributed by atoms with Crippen LogP contribution in [0.15, 0.2) is 156 Å². The van der Waals surface area contributed by atoms with E-state index < -0.39 is 0 Å². The molecule has 0 radical (unpaired) electrons. The van der Waals surface area contributed by atoms with Gasteiger partial charge in [0.15, 0.2) is 0 Å². The molecule has 0 aliphatic rings. The van der Waals surface area contributed by atoms with Gasteiger partial charge in [-0.05, 0) is 46.5 Å². The predicted molar refractivity (Wildman–Crippen MR) is 171 cm³/mol. The molecule has 0 N–H and O–H groups in total. The number of furan rings is 1. The molecule has 0 saturated carbocycles. The van der Waals surface area contributed by atoms with Crippen molar-refractivity contribution in [1.29, 1.82) is 0 Å². The van der Waals surface area contributed by atoms with Crippen molar-refractivity contribution in [2.75, 3.05) is 0 Å². The van der Waals surface area contributed by atoms with E-state index in [1.807, 2.05) is 18.2 Å². The quantitative estimate of drug-likeness (QED) is 0.229. The third-order valence-electron chi connectivity index (χ3n) is 7.88. The van der Waals surface area contributed by atoms with Crippen molar-refractivity contribution < 1.29 is 4.42 Å². The van der Waals surface area contributed by atoms with E-state index >= 15 is 0 Å². The van der Waals surface area contributed by atoms with E-state index in [2.05, 4.69) is 133 Å². The molecule has 41 heavy (non-hydrogen) atoms. The number of nitrogens with zero attached hydrogens (tertiary/aromatic N) is 1. The number of para-hydroxylation sites is 2. The van der Waals surface area contributed by atoms with Gasteiger partial charge in [-0.3, -0.25) is 0 Å². The summed E-state index contributed by atoms with van der Waals surface area (Å²) in [6.07, 6.45) is 0. The summed E-state index contributed by atoms with van der Waals surface area (Å²) in [7, 11) is 0. The molecular formula is C39H25NO. The van der Waals surface area contributed by atoms with Gasteiger partial charge in [0.2, 0.25) is 0 Å². The zero-order valence-corrected chi connectivity index (χ0v) is 22.3. The smallest absolute Gasteiger partial charge is 0.135 e. The van der Waals surface area contributed by atoms with E-state index in [-0.39, 0.29) is 0 Å². The van der Waals surface area contributed by atoms with Crippen LogP contribution in [0.25, 0.3) is 77.5 Å². The molecule has 2 heteroatoms. The van der Waals surface area contributed by atoms with E-state index in [0.29, 0.717) is 0 Å². The Morgan fingerprint density at radius 1 is 0.390 bits per heavy atom. The molecule has 2 nitrogen and oxygen atoms in total. The van der Waals surface area contributed by atoms with Gasteiger partial charge in [-0.25, -0.2) is 4.98 Å². The molecule has 0 aliphatic heterocycles. The Balaban J connectivity index is 1.24. The summed E-state index contributed by atoms with van der Waals surface area (Å²) in [5, 5.41) is 3.41. The number of hydrogen-bond donors (Lipinski definition) is 0. The molecular weight excluding hydrogens is 498 g/mol. The summed E-state index contributed by atoms with van der Waals surface area (Å²) in [5.74, 6) is 0. The highest BCUT2D eigenvalue weighted by atomic mass is 16.3. The van der Waals surface area contributed by atoms with Crippen LogP contribution in [0.1, 0.15) is 0 Å². The molecule has 0 fully saturated rings. The largest absolute Gasteiger partial charge is 0.456 e. The number of rotatable bonds is 4. The van der Waals surface area contributed by atoms with Gasteiger partial charge in [-0.15, -0.1) is 0 Å². The minimum absolute atomic E-state index is 0.914. The third kappa shape index (κ3) is 4.09. The lowest BCUT2D eigenvalue weighted by Gasteiger charge is -2.14. The zero-order chi connectivity index (χ0) is 27.2. The van der Waals surface area contributed by atoms with Crippen molar-refractivity contribution in [2.45, 2.75) is 0 Å². The first kappa shape index (κ1) is 23.4. The van der Waals surface area contributed by atoms with Crippen molar-refractivity contribution in [3.05, 3.63) is 152 Å². The second-order valence-electron chi connectivity index (χ2n) is 10.4. The number of pyridine rings is 1. The van der Waals surface area contributed by atoms with Crippen LogP contribution in [0.2, 0.25) is 0 Å². The van der Waals surface area contributed by atoms with E-state index in [1.54, 1.807) is 0 Å². The fourth-order valence-electron chi connectivity index (χ4n) is 5.83. The topological polar surface area (TPSA) is 26.0 Å². The van der Waals surface area contributed by atoms with Crippen LogP contribution < -0.4 is 0 Å². The highest BCUT2D eigenvalue weighted by Crippen LogP contribution is 2.38. The number of aromatic nitrogens is 1. The lowest BCUT2D eigenvalue weighted by molar-refractivity contribution is 0.669. The Bertz CT molecular complexity index is 2180. The molecule has 0 aliphatic carbocycles. The van der Waals surface area contributed by atoms with Crippen molar-refractivity contribution in [3.8, 4) is 44.6 Å². The Morgan fingerprint density at radius 3 is 1.83 bits per heavy atom. The Hall–Kier alpha value is -5.47. The molecule has 2 heterocycles. The van der Waals surface area contributed by atoms with Crippen LogP contribution in [0.3, 0.4) is 0 Å². The standard InChI is InChI=1S/C39H25NO/c1-3-10-27(11-4-1)34-25-31-14-9-16-32(39(31)40-38(34)29-12-5-2-6-13-29)28-20-18-26(19-21-28)30-22-23-37-35(24-30)33-15-7-8-17-36(33)41-37/h1-25H. The van der Waals surface area contributed by atoms with Crippen molar-refractivity contribution in [3.63, 3.8) is 0 Å². The van der Waals surface area contributed by atoms with E-state index in [4.69, 9.17) is 9.40 Å². The molecule has 6 aromatic carbocycles. The highest BCUT2D eigenvalue weighted by Gasteiger charge is 2.14. The maximum atomic E-state index is 6.03. The third-order valence-corrected chi connectivity index (χ3v) is 7.88. The molecule has 0 unspecified atom stereocenters. The highest BCUT2D eigenvalue weighted by molar-refractivity contribution is 6.06. The first-order chi connectivity index (χ1) is 20.3. The first-order valence-corrected chi connectivity index (χ1v) is 13.9. The van der Waals surface area contributed by atoms with Crippen LogP contribution in [-0.2, 0) is 0 Å². The molecule has 0 amide bonds. The lowest BCUT2D eigenvalue weighted by atomic mass is 9.94. The van der Waals surface area contributed by atoms with Gasteiger partial charge in [-0.2, -0.15) is 0 Å². The van der Waals surface area contributed by atoms with Gasteiger partial charge in [0.05, 0.1) is 11.2 Å². The second kappa shape index (κ2) is 9.62. The van der Waals surface area contributed by atoms with Crippen molar-refractivity contribution in [1.82, 2.24) is 4.98 Å². The average Bonchev–Trinajstić information content (AvgIpc) is 3.43. The molecule has 8 rings (SSSR count). The Morgan fingerprint density at radius 2 is 1.02 bits per heavy atom. The zero-order valence-electron chi connectivity index (χ0n) is 22.3. The summed E-state index contributed by atoms with van der Waals surface area (Å²) in [6.45, 7) is 0. The fourth-order valence-corrected chi connectivity index (χ4v) is 5.83. The fraction of sp³-hybridized carbons (Fsp3) is 0. The van der Waals surface area contributed by atoms with Crippen LogP contribution >= 0.6 is 0 Å². The van der Waals surface area contributed by atoms with Gasteiger partial charge in [0, 0.05) is 32.8 Å². The molecule has 0 spiro atoms. The summed E-state index contributed by atoms with van der Waals surface area (Å²) in [5.41, 5.74) is 11.9. The predicted octanol–water partition coefficient (Wildman–Crippen LogP) is 10.8. The Labute approximate surface area is 238 Å². The van der Waals surface area contributed by atoms with Gasteiger partial charge in [-0.1, -0.05) is 127 Å². The van der Waals surface area contributed by atoms with Crippen LogP contribution in [0.4, 0.5) is 0 Å². The summed E-state index contributed by atoms with van der Waals surface area (Å²) in [6, 6.07) is 53.2. The Kier molecular flexibility index (Phi) is 5.49. The van der Waals surface area contributed by atoms with Gasteiger partial charge < -0.3 is 4.42 Å². The van der Waals surface area contributed by atoms with E-state index in [1.165, 1.54) is 11.1 Å². The monoisotopic (exact) mass is 523 g/mol. The number of benzene rings is 6. The second-order valence-corrected chi connectivity index (χ2v) is 10.4. The van der Waals surface area contributed by atoms with E-state index in [9.17, 15) is 0 Å². The van der Waals surface area contributed by atoms with Crippen molar-refractivity contribution >= 4 is 32.8 Å². The van der Waals surface area contributed by atoms with E-state index in [0.717, 1.165) is 66.4 Å². The van der Waals surface area contributed by atoms with Gasteiger partial charge >= 0.3 is 0 Å². The maximum absolute atomic E-state index is 6.03. The van der Waals surface area contributed by atoms with Crippen molar-refractivity contribution in [2.24, 2.45) is 0 Å². The normalized spacial score (nSPS) is 11.4. The minimum atomic E-state index is 0.914. The lowest BCUT2D eigenvalue weighted by Crippen LogP contribution is -1.93. The molecule has 0 bridgehead atoms. The minimum Gasteiger partial charge on any atom is -0.456 e. The van der Waals surface area contributed by atoms with Gasteiger partial charge in [0.25, 0.3) is 0 Å².